The maximum Gasteiger partial charge on any atom is 0.261 e. The van der Waals surface area contributed by atoms with Gasteiger partial charge in [-0.05, 0) is 50.7 Å². The van der Waals surface area contributed by atoms with E-state index in [-0.39, 0.29) is 5.91 Å². The van der Waals surface area contributed by atoms with Gasteiger partial charge in [0.2, 0.25) is 0 Å². The monoisotopic (exact) mass is 291 g/mol. The van der Waals surface area contributed by atoms with Gasteiger partial charge in [-0.2, -0.15) is 0 Å². The minimum Gasteiger partial charge on any atom is -0.436 e. The largest absolute Gasteiger partial charge is 0.436 e. The van der Waals surface area contributed by atoms with Gasteiger partial charge in [-0.15, -0.1) is 0 Å². The van der Waals surface area contributed by atoms with Crippen molar-refractivity contribution >= 4 is 23.4 Å². The third-order valence-electron chi connectivity index (χ3n) is 2.82. The van der Waals surface area contributed by atoms with E-state index >= 15 is 0 Å². The number of nitrogens with one attached hydrogen (secondary N) is 1. The molecule has 106 valence electrons. The van der Waals surface area contributed by atoms with Crippen LogP contribution in [0.2, 0.25) is 0 Å². The van der Waals surface area contributed by atoms with Crippen molar-refractivity contribution in [3.63, 3.8) is 0 Å². The zero-order valence-electron chi connectivity index (χ0n) is 11.7. The topological polar surface area (TPSA) is 81.2 Å². The van der Waals surface area contributed by atoms with Crippen LogP contribution in [0.25, 0.3) is 0 Å². The van der Waals surface area contributed by atoms with Gasteiger partial charge in [-0.1, -0.05) is 0 Å². The molecule has 0 spiro atoms. The summed E-state index contributed by atoms with van der Waals surface area (Å²) in [5.41, 5.74) is 7.95. The Kier molecular flexibility index (Phi) is 4.34. The molecule has 0 atom stereocenters. The van der Waals surface area contributed by atoms with E-state index in [1.165, 1.54) is 11.8 Å². The molecular formula is C14H17N3O2S. The second-order valence-electron chi connectivity index (χ2n) is 4.34. The fourth-order valence-corrected chi connectivity index (χ4v) is 2.52. The Bertz CT molecular complexity index is 618. The smallest absolute Gasteiger partial charge is 0.261 e. The highest BCUT2D eigenvalue weighted by Gasteiger charge is 2.12. The molecule has 2 aromatic rings. The molecule has 20 heavy (non-hydrogen) atoms. The third kappa shape index (κ3) is 3.14. The van der Waals surface area contributed by atoms with Crippen LogP contribution in [0.3, 0.4) is 0 Å². The average Bonchev–Trinajstić information content (AvgIpc) is 2.71. The number of benzene rings is 1. The number of amides is 1. The number of nitrogens with two attached hydrogens (primary N) is 1. The van der Waals surface area contributed by atoms with E-state index in [0.29, 0.717) is 23.0 Å². The second kappa shape index (κ2) is 6.00. The molecule has 3 N–H and O–H groups in total. The number of hydrogen-bond acceptors (Lipinski definition) is 5. The van der Waals surface area contributed by atoms with Gasteiger partial charge in [0, 0.05) is 22.7 Å². The van der Waals surface area contributed by atoms with Crippen molar-refractivity contribution in [3.05, 3.63) is 35.2 Å². The van der Waals surface area contributed by atoms with Crippen molar-refractivity contribution in [1.82, 2.24) is 10.3 Å². The molecule has 2 rings (SSSR count). The lowest BCUT2D eigenvalue weighted by atomic mass is 10.2. The summed E-state index contributed by atoms with van der Waals surface area (Å²) < 4.78 is 5.52. The summed E-state index contributed by atoms with van der Waals surface area (Å²) in [5, 5.41) is 3.29. The van der Waals surface area contributed by atoms with Gasteiger partial charge >= 0.3 is 0 Å². The summed E-state index contributed by atoms with van der Waals surface area (Å²) in [4.78, 5) is 16.9. The third-order valence-corrected chi connectivity index (χ3v) is 3.74. The van der Waals surface area contributed by atoms with Gasteiger partial charge in [-0.25, -0.2) is 4.98 Å². The fourth-order valence-electron chi connectivity index (χ4n) is 1.61. The van der Waals surface area contributed by atoms with E-state index in [4.69, 9.17) is 10.2 Å². The van der Waals surface area contributed by atoms with Gasteiger partial charge < -0.3 is 15.5 Å². The SMILES string of the molecule is CCNC(=O)c1ccc(N)c(Sc2nc(C)c(C)o2)c1. The first-order valence-corrected chi connectivity index (χ1v) is 7.12. The van der Waals surface area contributed by atoms with E-state index in [0.717, 1.165) is 16.3 Å². The zero-order chi connectivity index (χ0) is 14.7. The van der Waals surface area contributed by atoms with Gasteiger partial charge in [0.05, 0.1) is 5.69 Å². The standard InChI is InChI=1S/C14H17N3O2S/c1-4-16-13(18)10-5-6-11(15)12(7-10)20-14-17-8(2)9(3)19-14/h5-7H,4,15H2,1-3H3,(H,16,18). The molecule has 0 saturated heterocycles. The van der Waals surface area contributed by atoms with Crippen molar-refractivity contribution in [1.29, 1.82) is 0 Å². The van der Waals surface area contributed by atoms with Crippen LogP contribution in [0.1, 0.15) is 28.7 Å². The number of nitrogens with zero attached hydrogens (tertiary/aromatic N) is 1. The summed E-state index contributed by atoms with van der Waals surface area (Å²) in [6, 6.07) is 5.17. The summed E-state index contributed by atoms with van der Waals surface area (Å²) in [6.07, 6.45) is 0. The van der Waals surface area contributed by atoms with Crippen LogP contribution in [-0.4, -0.2) is 17.4 Å². The lowest BCUT2D eigenvalue weighted by Gasteiger charge is -2.06. The molecule has 1 heterocycles. The minimum atomic E-state index is -0.117. The van der Waals surface area contributed by atoms with Crippen LogP contribution in [0, 0.1) is 13.8 Å². The number of oxazole rings is 1. The molecule has 0 aliphatic rings. The maximum atomic E-state index is 11.8. The maximum absolute atomic E-state index is 11.8. The summed E-state index contributed by atoms with van der Waals surface area (Å²) >= 11 is 1.32. The number of anilines is 1. The molecule has 6 heteroatoms. The summed E-state index contributed by atoms with van der Waals surface area (Å²) in [6.45, 7) is 6.21. The van der Waals surface area contributed by atoms with Crippen LogP contribution < -0.4 is 11.1 Å². The predicted octanol–water partition coefficient (Wildman–Crippen LogP) is 2.77. The van der Waals surface area contributed by atoms with Gasteiger partial charge in [0.25, 0.3) is 11.1 Å². The highest BCUT2D eigenvalue weighted by atomic mass is 32.2. The lowest BCUT2D eigenvalue weighted by molar-refractivity contribution is 0.0955. The Morgan fingerprint density at radius 3 is 2.80 bits per heavy atom. The Labute approximate surface area is 122 Å². The van der Waals surface area contributed by atoms with Crippen LogP contribution >= 0.6 is 11.8 Å². The highest BCUT2D eigenvalue weighted by Crippen LogP contribution is 2.33. The quantitative estimate of drug-likeness (QED) is 0.847. The molecule has 0 fully saturated rings. The molecule has 0 unspecified atom stereocenters. The number of hydrogen-bond donors (Lipinski definition) is 2. The second-order valence-corrected chi connectivity index (χ2v) is 5.33. The molecule has 0 radical (unpaired) electrons. The number of aryl methyl sites for hydroxylation is 2. The van der Waals surface area contributed by atoms with Crippen LogP contribution in [-0.2, 0) is 0 Å². The van der Waals surface area contributed by atoms with Crippen molar-refractivity contribution in [2.75, 3.05) is 12.3 Å². The number of aromatic nitrogens is 1. The number of rotatable bonds is 4. The van der Waals surface area contributed by atoms with E-state index in [1.54, 1.807) is 18.2 Å². The molecule has 5 nitrogen and oxygen atoms in total. The molecule has 1 amide bonds. The Morgan fingerprint density at radius 1 is 1.45 bits per heavy atom. The molecule has 0 bridgehead atoms. The first-order valence-electron chi connectivity index (χ1n) is 6.31. The number of carbonyl (C=O) groups is 1. The van der Waals surface area contributed by atoms with Gasteiger partial charge in [0.15, 0.2) is 0 Å². The average molecular weight is 291 g/mol. The first-order chi connectivity index (χ1) is 9.51. The number of carbonyl (C=O) groups excluding carboxylic acids is 1. The Balaban J connectivity index is 2.26. The van der Waals surface area contributed by atoms with Crippen molar-refractivity contribution in [3.8, 4) is 0 Å². The van der Waals surface area contributed by atoms with E-state index < -0.39 is 0 Å². The van der Waals surface area contributed by atoms with Crippen molar-refractivity contribution in [2.45, 2.75) is 30.9 Å². The molecule has 0 saturated carbocycles. The molecular weight excluding hydrogens is 274 g/mol. The highest BCUT2D eigenvalue weighted by molar-refractivity contribution is 7.99. The van der Waals surface area contributed by atoms with Crippen LogP contribution in [0.4, 0.5) is 5.69 Å². The molecule has 0 aliphatic heterocycles. The Hall–Kier alpha value is -1.95. The van der Waals surface area contributed by atoms with Crippen molar-refractivity contribution in [2.24, 2.45) is 0 Å². The van der Waals surface area contributed by atoms with E-state index in [2.05, 4.69) is 10.3 Å². The number of nitrogen functional groups attached to an aromatic ring is 1. The normalized spacial score (nSPS) is 10.6. The van der Waals surface area contributed by atoms with E-state index in [9.17, 15) is 4.79 Å². The fraction of sp³-hybridized carbons (Fsp3) is 0.286. The van der Waals surface area contributed by atoms with Crippen LogP contribution in [0.15, 0.2) is 32.7 Å². The van der Waals surface area contributed by atoms with Crippen molar-refractivity contribution < 1.29 is 9.21 Å². The van der Waals surface area contributed by atoms with Gasteiger partial charge in [0.1, 0.15) is 5.76 Å². The molecule has 1 aromatic heterocycles. The van der Waals surface area contributed by atoms with E-state index in [1.807, 2.05) is 20.8 Å². The molecule has 0 aliphatic carbocycles. The Morgan fingerprint density at radius 2 is 2.20 bits per heavy atom. The zero-order valence-corrected chi connectivity index (χ0v) is 12.5. The predicted molar refractivity (Wildman–Crippen MR) is 79.0 cm³/mol. The van der Waals surface area contributed by atoms with Crippen LogP contribution in [0.5, 0.6) is 0 Å². The summed E-state index contributed by atoms with van der Waals surface area (Å²) in [5.74, 6) is 0.667. The van der Waals surface area contributed by atoms with Gasteiger partial charge in [-0.3, -0.25) is 4.79 Å². The summed E-state index contributed by atoms with van der Waals surface area (Å²) in [7, 11) is 0. The minimum absolute atomic E-state index is 0.117. The first kappa shape index (κ1) is 14.5. The lowest BCUT2D eigenvalue weighted by Crippen LogP contribution is -2.22. The molecule has 1 aromatic carbocycles.